The van der Waals surface area contributed by atoms with Crippen molar-refractivity contribution in [1.29, 1.82) is 0 Å². The van der Waals surface area contributed by atoms with E-state index in [0.29, 0.717) is 5.82 Å². The molecule has 0 aliphatic rings. The maximum absolute atomic E-state index is 5.65. The number of nitrogen functional groups attached to an aromatic ring is 1. The first kappa shape index (κ1) is 10.3. The normalized spacial score (nSPS) is 10.9. The Morgan fingerprint density at radius 1 is 1.12 bits per heavy atom. The Morgan fingerprint density at radius 3 is 2.82 bits per heavy atom. The fourth-order valence-electron chi connectivity index (χ4n) is 1.69. The number of aromatic amines is 1. The molecule has 5 heteroatoms. The molecule has 4 nitrogen and oxygen atoms in total. The number of aromatic nitrogens is 3. The summed E-state index contributed by atoms with van der Waals surface area (Å²) in [5.41, 5.74) is 8.28. The molecule has 0 bridgehead atoms. The summed E-state index contributed by atoms with van der Waals surface area (Å²) in [6.45, 7) is 0. The average Bonchev–Trinajstić information content (AvgIpc) is 2.72. The van der Waals surface area contributed by atoms with Crippen LogP contribution in [0.4, 0.5) is 5.82 Å². The summed E-state index contributed by atoms with van der Waals surface area (Å²) in [5.74, 6) is 1.22. The van der Waals surface area contributed by atoms with E-state index in [1.165, 1.54) is 0 Å². The number of pyridine rings is 1. The topological polar surface area (TPSA) is 67.6 Å². The molecule has 3 N–H and O–H groups in total. The van der Waals surface area contributed by atoms with Crippen molar-refractivity contribution >= 4 is 32.8 Å². The second-order valence-corrected chi connectivity index (χ2v) is 4.61. The van der Waals surface area contributed by atoms with Crippen LogP contribution in [0, 0.1) is 0 Å². The van der Waals surface area contributed by atoms with Crippen molar-refractivity contribution in [3.05, 3.63) is 40.9 Å². The Hall–Kier alpha value is -1.88. The third-order valence-corrected chi connectivity index (χ3v) is 2.95. The van der Waals surface area contributed by atoms with Crippen molar-refractivity contribution in [3.63, 3.8) is 0 Å². The van der Waals surface area contributed by atoms with E-state index in [9.17, 15) is 0 Å². The molecule has 0 amide bonds. The number of H-pyrrole nitrogens is 1. The van der Waals surface area contributed by atoms with Gasteiger partial charge < -0.3 is 10.7 Å². The molecule has 1 aromatic carbocycles. The van der Waals surface area contributed by atoms with Crippen molar-refractivity contribution in [2.24, 2.45) is 0 Å². The summed E-state index contributed by atoms with van der Waals surface area (Å²) in [5, 5.41) is 0. The van der Waals surface area contributed by atoms with Gasteiger partial charge in [0.15, 0.2) is 5.82 Å². The van der Waals surface area contributed by atoms with Crippen LogP contribution < -0.4 is 5.73 Å². The molecular formula is C12H9BrN4. The van der Waals surface area contributed by atoms with Crippen molar-refractivity contribution < 1.29 is 0 Å². The van der Waals surface area contributed by atoms with E-state index in [1.807, 2.05) is 30.3 Å². The molecule has 0 atom stereocenters. The second-order valence-electron chi connectivity index (χ2n) is 3.69. The zero-order chi connectivity index (χ0) is 11.8. The van der Waals surface area contributed by atoms with Gasteiger partial charge in [0.1, 0.15) is 11.5 Å². The maximum Gasteiger partial charge on any atom is 0.157 e. The van der Waals surface area contributed by atoms with E-state index in [0.717, 1.165) is 27.0 Å². The van der Waals surface area contributed by atoms with Gasteiger partial charge in [-0.05, 0) is 30.3 Å². The highest BCUT2D eigenvalue weighted by atomic mass is 79.9. The Balaban J connectivity index is 2.18. The van der Waals surface area contributed by atoms with Crippen LogP contribution in [0.5, 0.6) is 0 Å². The van der Waals surface area contributed by atoms with Gasteiger partial charge in [-0.3, -0.25) is 0 Å². The van der Waals surface area contributed by atoms with Crippen LogP contribution in [0.3, 0.4) is 0 Å². The number of imidazole rings is 1. The molecule has 2 aromatic heterocycles. The first-order valence-corrected chi connectivity index (χ1v) is 5.90. The summed E-state index contributed by atoms with van der Waals surface area (Å²) >= 11 is 3.43. The SMILES string of the molecule is Nc1cccc(-c2nc3ccc(Br)cc3[nH]2)n1. The third-order valence-electron chi connectivity index (χ3n) is 2.46. The number of hydrogen-bond acceptors (Lipinski definition) is 3. The van der Waals surface area contributed by atoms with Crippen LogP contribution in [0.25, 0.3) is 22.6 Å². The van der Waals surface area contributed by atoms with Crippen LogP contribution in [-0.2, 0) is 0 Å². The van der Waals surface area contributed by atoms with Gasteiger partial charge in [-0.25, -0.2) is 9.97 Å². The van der Waals surface area contributed by atoms with E-state index in [-0.39, 0.29) is 0 Å². The minimum absolute atomic E-state index is 0.490. The van der Waals surface area contributed by atoms with Crippen molar-refractivity contribution in [2.45, 2.75) is 0 Å². The quantitative estimate of drug-likeness (QED) is 0.723. The van der Waals surface area contributed by atoms with Gasteiger partial charge in [0.05, 0.1) is 11.0 Å². The molecule has 0 saturated carbocycles. The predicted molar refractivity (Wildman–Crippen MR) is 71.4 cm³/mol. The molecule has 84 valence electrons. The second kappa shape index (κ2) is 3.85. The lowest BCUT2D eigenvalue weighted by Gasteiger charge is -1.96. The number of nitrogens with two attached hydrogens (primary N) is 1. The summed E-state index contributed by atoms with van der Waals surface area (Å²) in [6, 6.07) is 11.4. The van der Waals surface area contributed by atoms with Crippen LogP contribution in [0.15, 0.2) is 40.9 Å². The maximum atomic E-state index is 5.65. The number of hydrogen-bond donors (Lipinski definition) is 2. The van der Waals surface area contributed by atoms with Gasteiger partial charge >= 0.3 is 0 Å². The number of nitrogens with zero attached hydrogens (tertiary/aromatic N) is 2. The Morgan fingerprint density at radius 2 is 2.00 bits per heavy atom. The summed E-state index contributed by atoms with van der Waals surface area (Å²) in [7, 11) is 0. The molecular weight excluding hydrogens is 280 g/mol. The zero-order valence-electron chi connectivity index (χ0n) is 8.81. The van der Waals surface area contributed by atoms with Gasteiger partial charge in [0, 0.05) is 4.47 Å². The van der Waals surface area contributed by atoms with E-state index in [2.05, 4.69) is 30.9 Å². The minimum Gasteiger partial charge on any atom is -0.384 e. The average molecular weight is 289 g/mol. The Kier molecular flexibility index (Phi) is 2.33. The van der Waals surface area contributed by atoms with Crippen LogP contribution in [0.1, 0.15) is 0 Å². The first-order chi connectivity index (χ1) is 8.22. The summed E-state index contributed by atoms with van der Waals surface area (Å²) in [6.07, 6.45) is 0. The van der Waals surface area contributed by atoms with Crippen LogP contribution in [0.2, 0.25) is 0 Å². The highest BCUT2D eigenvalue weighted by Gasteiger charge is 2.06. The summed E-state index contributed by atoms with van der Waals surface area (Å²) in [4.78, 5) is 11.9. The molecule has 17 heavy (non-hydrogen) atoms. The third kappa shape index (κ3) is 1.89. The lowest BCUT2D eigenvalue weighted by Crippen LogP contribution is -1.92. The number of rotatable bonds is 1. The molecule has 2 heterocycles. The molecule has 0 unspecified atom stereocenters. The predicted octanol–water partition coefficient (Wildman–Crippen LogP) is 2.97. The zero-order valence-corrected chi connectivity index (χ0v) is 10.4. The smallest absolute Gasteiger partial charge is 0.157 e. The van der Waals surface area contributed by atoms with Crippen molar-refractivity contribution in [2.75, 3.05) is 5.73 Å². The fourth-order valence-corrected chi connectivity index (χ4v) is 2.05. The molecule has 0 radical (unpaired) electrons. The minimum atomic E-state index is 0.490. The molecule has 3 rings (SSSR count). The highest BCUT2D eigenvalue weighted by Crippen LogP contribution is 2.22. The van der Waals surface area contributed by atoms with Gasteiger partial charge in [-0.15, -0.1) is 0 Å². The number of nitrogens with one attached hydrogen (secondary N) is 1. The van der Waals surface area contributed by atoms with E-state index in [1.54, 1.807) is 6.07 Å². The molecule has 0 spiro atoms. The Labute approximate surface area is 106 Å². The standard InChI is InChI=1S/C12H9BrN4/c13-7-4-5-8-10(6-7)17-12(16-8)9-2-1-3-11(14)15-9/h1-6H,(H2,14,15)(H,16,17). The monoisotopic (exact) mass is 288 g/mol. The van der Waals surface area contributed by atoms with E-state index >= 15 is 0 Å². The molecule has 3 aromatic rings. The number of fused-ring (bicyclic) bond motifs is 1. The number of halogens is 1. The van der Waals surface area contributed by atoms with Crippen molar-refractivity contribution in [1.82, 2.24) is 15.0 Å². The number of anilines is 1. The number of benzene rings is 1. The molecule has 0 aliphatic heterocycles. The molecule has 0 saturated heterocycles. The van der Waals surface area contributed by atoms with E-state index < -0.39 is 0 Å². The molecule has 0 fully saturated rings. The van der Waals surface area contributed by atoms with Gasteiger partial charge in [-0.1, -0.05) is 22.0 Å². The van der Waals surface area contributed by atoms with Crippen molar-refractivity contribution in [3.8, 4) is 11.5 Å². The van der Waals surface area contributed by atoms with Gasteiger partial charge in [-0.2, -0.15) is 0 Å². The largest absolute Gasteiger partial charge is 0.384 e. The highest BCUT2D eigenvalue weighted by molar-refractivity contribution is 9.10. The van der Waals surface area contributed by atoms with Crippen LogP contribution in [-0.4, -0.2) is 15.0 Å². The first-order valence-electron chi connectivity index (χ1n) is 5.10. The fraction of sp³-hybridized carbons (Fsp3) is 0. The Bertz CT molecular complexity index is 690. The van der Waals surface area contributed by atoms with E-state index in [4.69, 9.17) is 5.73 Å². The lowest BCUT2D eigenvalue weighted by molar-refractivity contribution is 1.24. The lowest BCUT2D eigenvalue weighted by atomic mass is 10.3. The van der Waals surface area contributed by atoms with Gasteiger partial charge in [0.2, 0.25) is 0 Å². The van der Waals surface area contributed by atoms with Gasteiger partial charge in [0.25, 0.3) is 0 Å². The van der Waals surface area contributed by atoms with Crippen LogP contribution >= 0.6 is 15.9 Å². The summed E-state index contributed by atoms with van der Waals surface area (Å²) < 4.78 is 1.01. The molecule has 0 aliphatic carbocycles.